The quantitative estimate of drug-likeness (QED) is 0.580. The fraction of sp³-hybridized carbons (Fsp3) is 0.217. The van der Waals surface area contributed by atoms with E-state index in [1.807, 2.05) is 37.3 Å². The van der Waals surface area contributed by atoms with Gasteiger partial charge >= 0.3 is 0 Å². The first kappa shape index (κ1) is 21.0. The Balaban J connectivity index is 1.76. The number of carbonyl (C=O) groups excluding carboxylic acids is 1. The molecule has 0 radical (unpaired) electrons. The third kappa shape index (κ3) is 5.00. The zero-order chi connectivity index (χ0) is 21.5. The molecule has 0 aliphatic rings. The van der Waals surface area contributed by atoms with Gasteiger partial charge in [0.2, 0.25) is 0 Å². The fourth-order valence-electron chi connectivity index (χ4n) is 3.06. The molecule has 0 unspecified atom stereocenters. The van der Waals surface area contributed by atoms with Crippen molar-refractivity contribution in [3.8, 4) is 17.2 Å². The summed E-state index contributed by atoms with van der Waals surface area (Å²) in [6.07, 6.45) is 1.70. The van der Waals surface area contributed by atoms with E-state index in [1.54, 1.807) is 38.6 Å². The molecule has 1 aromatic heterocycles. The highest BCUT2D eigenvalue weighted by atomic mass is 16.5. The first-order valence-electron chi connectivity index (χ1n) is 9.43. The minimum Gasteiger partial charge on any atom is -0.497 e. The van der Waals surface area contributed by atoms with Crippen molar-refractivity contribution >= 4 is 17.4 Å². The molecule has 0 saturated carbocycles. The van der Waals surface area contributed by atoms with Crippen LogP contribution < -0.4 is 24.8 Å². The Morgan fingerprint density at radius 2 is 1.87 bits per heavy atom. The molecule has 3 aromatic rings. The molecule has 0 spiro atoms. The molecule has 0 aliphatic carbocycles. The number of nitrogens with one attached hydrogen (secondary N) is 2. The van der Waals surface area contributed by atoms with Gasteiger partial charge < -0.3 is 24.8 Å². The molecular weight excluding hydrogens is 382 g/mol. The van der Waals surface area contributed by atoms with Gasteiger partial charge in [-0.15, -0.1) is 0 Å². The van der Waals surface area contributed by atoms with Gasteiger partial charge in [0.15, 0.2) is 11.6 Å². The summed E-state index contributed by atoms with van der Waals surface area (Å²) in [6.45, 7) is 2.31. The lowest BCUT2D eigenvalue weighted by Gasteiger charge is -2.13. The Kier molecular flexibility index (Phi) is 6.75. The van der Waals surface area contributed by atoms with Crippen molar-refractivity contribution in [2.75, 3.05) is 31.9 Å². The van der Waals surface area contributed by atoms with E-state index in [-0.39, 0.29) is 5.91 Å². The van der Waals surface area contributed by atoms with Crippen molar-refractivity contribution in [2.45, 2.75) is 13.5 Å². The first-order valence-corrected chi connectivity index (χ1v) is 9.43. The highest BCUT2D eigenvalue weighted by molar-refractivity contribution is 6.06. The molecule has 0 saturated heterocycles. The van der Waals surface area contributed by atoms with E-state index in [4.69, 9.17) is 14.2 Å². The third-order valence-electron chi connectivity index (χ3n) is 4.45. The second kappa shape index (κ2) is 9.65. The fourth-order valence-corrected chi connectivity index (χ4v) is 3.06. The van der Waals surface area contributed by atoms with Crippen LogP contribution in [0.25, 0.3) is 0 Å². The Morgan fingerprint density at radius 3 is 2.60 bits per heavy atom. The zero-order valence-corrected chi connectivity index (χ0v) is 17.5. The van der Waals surface area contributed by atoms with Crippen LogP contribution in [0.4, 0.5) is 11.5 Å². The van der Waals surface area contributed by atoms with Gasteiger partial charge in [-0.1, -0.05) is 6.07 Å². The molecule has 0 aliphatic heterocycles. The van der Waals surface area contributed by atoms with Crippen LogP contribution in [0.15, 0.2) is 54.7 Å². The van der Waals surface area contributed by atoms with Crippen molar-refractivity contribution < 1.29 is 19.0 Å². The summed E-state index contributed by atoms with van der Waals surface area (Å²) < 4.78 is 16.4. The standard InChI is InChI=1S/C23H25N3O4/c1-15-10-16(14-30-20-6-5-9-25-22(20)24-2)12-17(11-15)26-23(27)19-8-7-18(28-3)13-21(19)29-4/h5-13H,14H2,1-4H3,(H,24,25)(H,26,27). The number of benzene rings is 2. The summed E-state index contributed by atoms with van der Waals surface area (Å²) in [4.78, 5) is 17.0. The molecule has 2 aromatic carbocycles. The Hall–Kier alpha value is -3.74. The van der Waals surface area contributed by atoms with Crippen LogP contribution in [0.2, 0.25) is 0 Å². The average Bonchev–Trinajstić information content (AvgIpc) is 2.76. The minimum absolute atomic E-state index is 0.267. The summed E-state index contributed by atoms with van der Waals surface area (Å²) in [5.41, 5.74) is 3.04. The maximum atomic E-state index is 12.8. The minimum atomic E-state index is -0.267. The number of ether oxygens (including phenoxy) is 3. The van der Waals surface area contributed by atoms with E-state index in [1.165, 1.54) is 7.11 Å². The summed E-state index contributed by atoms with van der Waals surface area (Å²) in [6, 6.07) is 14.6. The zero-order valence-electron chi connectivity index (χ0n) is 17.5. The van der Waals surface area contributed by atoms with Gasteiger partial charge in [-0.3, -0.25) is 4.79 Å². The molecular formula is C23H25N3O4. The Morgan fingerprint density at radius 1 is 1.03 bits per heavy atom. The van der Waals surface area contributed by atoms with Crippen molar-refractivity contribution in [1.29, 1.82) is 0 Å². The van der Waals surface area contributed by atoms with E-state index in [2.05, 4.69) is 15.6 Å². The lowest BCUT2D eigenvalue weighted by Crippen LogP contribution is -2.13. The van der Waals surface area contributed by atoms with Gasteiger partial charge in [-0.2, -0.15) is 0 Å². The summed E-state index contributed by atoms with van der Waals surface area (Å²) in [5, 5.41) is 5.94. The molecule has 0 bridgehead atoms. The van der Waals surface area contributed by atoms with Crippen LogP contribution in [0.1, 0.15) is 21.5 Å². The number of hydrogen-bond donors (Lipinski definition) is 2. The third-order valence-corrected chi connectivity index (χ3v) is 4.45. The second-order valence-corrected chi connectivity index (χ2v) is 6.62. The summed E-state index contributed by atoms with van der Waals surface area (Å²) in [5.74, 6) is 2.13. The normalized spacial score (nSPS) is 10.3. The van der Waals surface area contributed by atoms with Crippen molar-refractivity contribution in [1.82, 2.24) is 4.98 Å². The number of nitrogens with zero attached hydrogens (tertiary/aromatic N) is 1. The van der Waals surface area contributed by atoms with Crippen LogP contribution >= 0.6 is 0 Å². The Labute approximate surface area is 176 Å². The van der Waals surface area contributed by atoms with Crippen LogP contribution in [-0.4, -0.2) is 32.2 Å². The van der Waals surface area contributed by atoms with E-state index in [9.17, 15) is 4.79 Å². The van der Waals surface area contributed by atoms with Gasteiger partial charge in [0.25, 0.3) is 5.91 Å². The van der Waals surface area contributed by atoms with E-state index in [0.717, 1.165) is 11.1 Å². The molecule has 2 N–H and O–H groups in total. The molecule has 7 heteroatoms. The highest BCUT2D eigenvalue weighted by Crippen LogP contribution is 2.26. The van der Waals surface area contributed by atoms with E-state index in [0.29, 0.717) is 40.9 Å². The van der Waals surface area contributed by atoms with E-state index >= 15 is 0 Å². The van der Waals surface area contributed by atoms with Crippen molar-refractivity contribution in [2.24, 2.45) is 0 Å². The van der Waals surface area contributed by atoms with Gasteiger partial charge in [-0.25, -0.2) is 4.98 Å². The number of aryl methyl sites for hydroxylation is 1. The number of rotatable bonds is 8. The van der Waals surface area contributed by atoms with Crippen molar-refractivity contribution in [3.05, 3.63) is 71.4 Å². The predicted molar refractivity (Wildman–Crippen MR) is 117 cm³/mol. The second-order valence-electron chi connectivity index (χ2n) is 6.62. The lowest BCUT2D eigenvalue weighted by molar-refractivity contribution is 0.102. The first-order chi connectivity index (χ1) is 14.5. The maximum Gasteiger partial charge on any atom is 0.259 e. The summed E-state index contributed by atoms with van der Waals surface area (Å²) >= 11 is 0. The molecule has 3 rings (SSSR count). The van der Waals surface area contributed by atoms with E-state index < -0.39 is 0 Å². The number of methoxy groups -OCH3 is 2. The van der Waals surface area contributed by atoms with Gasteiger partial charge in [0, 0.05) is 25.0 Å². The molecule has 156 valence electrons. The van der Waals surface area contributed by atoms with Crippen LogP contribution in [0.3, 0.4) is 0 Å². The predicted octanol–water partition coefficient (Wildman–Crippen LogP) is 4.28. The number of hydrogen-bond acceptors (Lipinski definition) is 6. The lowest BCUT2D eigenvalue weighted by atomic mass is 10.1. The van der Waals surface area contributed by atoms with Gasteiger partial charge in [-0.05, 0) is 54.4 Å². The summed E-state index contributed by atoms with van der Waals surface area (Å²) in [7, 11) is 4.88. The molecule has 1 amide bonds. The molecule has 0 fully saturated rings. The number of pyridine rings is 1. The van der Waals surface area contributed by atoms with Gasteiger partial charge in [0.1, 0.15) is 18.1 Å². The maximum absolute atomic E-state index is 12.8. The topological polar surface area (TPSA) is 81.7 Å². The molecule has 7 nitrogen and oxygen atoms in total. The molecule has 30 heavy (non-hydrogen) atoms. The largest absolute Gasteiger partial charge is 0.497 e. The number of anilines is 2. The number of carbonyl (C=O) groups is 1. The molecule has 1 heterocycles. The van der Waals surface area contributed by atoms with Crippen LogP contribution in [-0.2, 0) is 6.61 Å². The van der Waals surface area contributed by atoms with Crippen LogP contribution in [0.5, 0.6) is 17.2 Å². The average molecular weight is 407 g/mol. The van der Waals surface area contributed by atoms with Gasteiger partial charge in [0.05, 0.1) is 19.8 Å². The SMILES string of the molecule is CNc1ncccc1OCc1cc(C)cc(NC(=O)c2ccc(OC)cc2OC)c1. The number of amides is 1. The Bertz CT molecular complexity index is 1040. The monoisotopic (exact) mass is 407 g/mol. The van der Waals surface area contributed by atoms with Crippen LogP contribution in [0, 0.1) is 6.92 Å². The smallest absolute Gasteiger partial charge is 0.259 e. The molecule has 0 atom stereocenters. The van der Waals surface area contributed by atoms with Crippen molar-refractivity contribution in [3.63, 3.8) is 0 Å². The number of aromatic nitrogens is 1. The highest BCUT2D eigenvalue weighted by Gasteiger charge is 2.14.